The van der Waals surface area contributed by atoms with E-state index in [1.165, 1.54) is 0 Å². The molecule has 0 aliphatic rings. The first-order valence-electron chi connectivity index (χ1n) is 3.06. The van der Waals surface area contributed by atoms with Gasteiger partial charge in [0.15, 0.2) is 0 Å². The second kappa shape index (κ2) is 50.7. The average Bonchev–Trinajstić information content (AvgIpc) is 1.94. The van der Waals surface area contributed by atoms with Crippen LogP contribution in [0.4, 0.5) is 0 Å². The Balaban J connectivity index is -0.0000000161. The predicted molar refractivity (Wildman–Crippen MR) is 14.9 cm³/mol. The quantitative estimate of drug-likeness (QED) is 0.220. The van der Waals surface area contributed by atoms with E-state index >= 15 is 0 Å². The van der Waals surface area contributed by atoms with Crippen molar-refractivity contribution in [1.82, 2.24) is 0 Å². The van der Waals surface area contributed by atoms with Gasteiger partial charge in [-0.2, -0.15) is 0 Å². The Labute approximate surface area is 210 Å². The van der Waals surface area contributed by atoms with E-state index in [4.69, 9.17) is 53.5 Å². The zero-order valence-electron chi connectivity index (χ0n) is 10.4. The number of hydrogen-bond acceptors (Lipinski definition) is 15. The third-order valence-corrected chi connectivity index (χ3v) is 0. The number of hydrogen-bond donors (Lipinski definition) is 0. The van der Waals surface area contributed by atoms with Gasteiger partial charge in [-0.05, 0) is 0 Å². The molecule has 0 atom stereocenters. The van der Waals surface area contributed by atoms with E-state index < -0.39 is 93.1 Å². The summed E-state index contributed by atoms with van der Waals surface area (Å²) in [6.45, 7) is 0. The molecule has 0 saturated carbocycles. The Morgan fingerprint density at radius 3 is 0.333 bits per heavy atom. The molecule has 0 heterocycles. The minimum absolute atomic E-state index is 0. The Morgan fingerprint density at radius 1 is 0.333 bits per heavy atom. The van der Waals surface area contributed by atoms with Crippen LogP contribution in [-0.2, 0) is 143 Å². The van der Waals surface area contributed by atoms with E-state index in [0.717, 1.165) is 0 Å². The fourth-order valence-electron chi connectivity index (χ4n) is 0. The van der Waals surface area contributed by atoms with E-state index in [0.29, 0.717) is 0 Å². The van der Waals surface area contributed by atoms with Gasteiger partial charge in [0.25, 0.3) is 0 Å². The van der Waals surface area contributed by atoms with Crippen molar-refractivity contribution in [2.45, 2.75) is 0 Å². The summed E-state index contributed by atoms with van der Waals surface area (Å²) in [6.07, 6.45) is 0. The SMILES string of the molecule is [Al+3].[Al+3].[Ni+2].[Ni+2].[O]=[Ti]([O-])[O-].[O]=[Ti]([O-])[O-].[O]=[Ti]([O-])[O-].[O]=[Ti]([O-])[O-].[O]=[Ti]([O-])[O-]. The molecule has 0 bridgehead atoms. The van der Waals surface area contributed by atoms with Crippen LogP contribution in [0.3, 0.4) is 0 Å². The van der Waals surface area contributed by atoms with E-state index in [2.05, 4.69) is 0 Å². The Kier molecular flexibility index (Phi) is 119. The molecule has 0 radical (unpaired) electrons. The van der Waals surface area contributed by atoms with Crippen LogP contribution in [0.15, 0.2) is 0 Å². The van der Waals surface area contributed by atoms with Crippen LogP contribution >= 0.6 is 0 Å². The van der Waals surface area contributed by atoms with Crippen molar-refractivity contribution in [3.8, 4) is 0 Å². The first-order valence-corrected chi connectivity index (χ1v) is 12.6. The first-order chi connectivity index (χ1) is 8.66. The molecule has 0 rings (SSSR count). The fraction of sp³-hybridized carbons (Fsp3) is 0. The molecule has 0 amide bonds. The summed E-state index contributed by atoms with van der Waals surface area (Å²) in [6, 6.07) is 0. The van der Waals surface area contributed by atoms with Gasteiger partial charge in [-0.15, -0.1) is 0 Å². The van der Waals surface area contributed by atoms with Gasteiger partial charge < -0.3 is 0 Å². The van der Waals surface area contributed by atoms with Crippen LogP contribution in [0.5, 0.6) is 0 Å². The van der Waals surface area contributed by atoms with Crippen LogP contribution in [0.25, 0.3) is 0 Å². The molecule has 0 unspecified atom stereocenters. The summed E-state index contributed by atoms with van der Waals surface area (Å²) in [5.74, 6) is 0. The van der Waals surface area contributed by atoms with Crippen molar-refractivity contribution in [2.24, 2.45) is 0 Å². The Hall–Kier alpha value is 4.22. The third kappa shape index (κ3) is 935. The van der Waals surface area contributed by atoms with E-state index in [-0.39, 0.29) is 67.7 Å². The molecule has 24 heavy (non-hydrogen) atoms. The zero-order valence-corrected chi connectivity index (χ0v) is 22.5. The van der Waals surface area contributed by atoms with Crippen molar-refractivity contribution in [1.29, 1.82) is 0 Å². The number of rotatable bonds is 0. The second-order valence-electron chi connectivity index (χ2n) is 1.25. The van der Waals surface area contributed by atoms with Gasteiger partial charge in [0.05, 0.1) is 0 Å². The fourth-order valence-corrected chi connectivity index (χ4v) is 0. The van der Waals surface area contributed by atoms with Crippen LogP contribution in [0.2, 0.25) is 0 Å². The van der Waals surface area contributed by atoms with Crippen molar-refractivity contribution in [3.05, 3.63) is 0 Å². The molecule has 0 fully saturated rings. The van der Waals surface area contributed by atoms with Gasteiger partial charge >= 0.3 is 214 Å². The normalized spacial score (nSPS) is 5.42. The van der Waals surface area contributed by atoms with E-state index in [9.17, 15) is 0 Å². The summed E-state index contributed by atoms with van der Waals surface area (Å²) in [7, 11) is 0. The molecular formula is Al2Ni2O15Ti5. The van der Waals surface area contributed by atoms with E-state index in [1.54, 1.807) is 0 Å². The zero-order chi connectivity index (χ0) is 17.9. The maximum atomic E-state index is 8.58. The van der Waals surface area contributed by atoms with E-state index in [1.807, 2.05) is 0 Å². The summed E-state index contributed by atoms with van der Waals surface area (Å²) in [4.78, 5) is 0. The van der Waals surface area contributed by atoms with Gasteiger partial charge in [0, 0.05) is 0 Å². The van der Waals surface area contributed by atoms with Crippen molar-refractivity contribution in [3.63, 3.8) is 0 Å². The van der Waals surface area contributed by atoms with Gasteiger partial charge in [0.2, 0.25) is 0 Å². The van der Waals surface area contributed by atoms with Gasteiger partial charge in [-0.25, -0.2) is 0 Å². The molecule has 24 heteroatoms. The van der Waals surface area contributed by atoms with Crippen LogP contribution < -0.4 is 36.9 Å². The molecule has 0 spiro atoms. The summed E-state index contributed by atoms with van der Waals surface area (Å²) < 4.78 is 129. The molecule has 0 N–H and O–H groups in total. The van der Waals surface area contributed by atoms with Gasteiger partial charge in [0.1, 0.15) is 0 Å². The average molecular weight is 651 g/mol. The van der Waals surface area contributed by atoms with Crippen molar-refractivity contribution < 1.29 is 180 Å². The molecule has 0 saturated heterocycles. The molecule has 136 valence electrons. The monoisotopic (exact) mass is 649 g/mol. The Morgan fingerprint density at radius 2 is 0.333 bits per heavy atom. The molecule has 0 aliphatic carbocycles. The standard InChI is InChI=1S/2Al.2Ni.15O.5Ti/q2*+3;2*+2;;;;;;10*-1;;;;;. The third-order valence-electron chi connectivity index (χ3n) is 0. The van der Waals surface area contributed by atoms with Crippen molar-refractivity contribution in [2.75, 3.05) is 0 Å². The molecule has 0 aromatic heterocycles. The minimum atomic E-state index is -4.08. The van der Waals surface area contributed by atoms with Crippen LogP contribution in [0, 0.1) is 0 Å². The summed E-state index contributed by atoms with van der Waals surface area (Å²) in [5.41, 5.74) is 0. The van der Waals surface area contributed by atoms with Crippen LogP contribution in [0.1, 0.15) is 0 Å². The molecule has 0 aromatic rings. The van der Waals surface area contributed by atoms with Gasteiger partial charge in [-0.1, -0.05) is 0 Å². The van der Waals surface area contributed by atoms with Gasteiger partial charge in [-0.3, -0.25) is 0 Å². The molecular weight excluding hydrogens is 651 g/mol. The second-order valence-corrected chi connectivity index (χ2v) is 5.15. The Bertz CT molecular complexity index is 221. The molecule has 0 aliphatic heterocycles. The maximum absolute atomic E-state index is 8.58. The molecule has 0 aromatic carbocycles. The predicted octanol–water partition coefficient (Wildman–Crippen LogP) is -13.3. The molecule has 15 nitrogen and oxygen atoms in total. The van der Waals surface area contributed by atoms with Crippen molar-refractivity contribution >= 4 is 34.7 Å². The first kappa shape index (κ1) is 56.6. The summed E-state index contributed by atoms with van der Waals surface area (Å²) in [5, 5.41) is 0. The topological polar surface area (TPSA) is 316 Å². The summed E-state index contributed by atoms with van der Waals surface area (Å²) >= 11 is -20.4. The van der Waals surface area contributed by atoms with Crippen LogP contribution in [-0.4, -0.2) is 34.7 Å².